The number of hydrogen-bond donors (Lipinski definition) is 0. The molecule has 0 bridgehead atoms. The SMILES string of the molecule is O=S(=O)(c1ccccc1)N1CCCCN(S(=O)(=O)c2ccccc2)COC1. The number of sulfonamides is 2. The molecule has 7 nitrogen and oxygen atoms in total. The molecule has 0 amide bonds. The van der Waals surface area contributed by atoms with E-state index in [-0.39, 0.29) is 36.3 Å². The quantitative estimate of drug-likeness (QED) is 0.771. The lowest BCUT2D eigenvalue weighted by molar-refractivity contribution is 0.0327. The van der Waals surface area contributed by atoms with E-state index < -0.39 is 20.0 Å². The number of ether oxygens (including phenoxy) is 1. The topological polar surface area (TPSA) is 84.0 Å². The van der Waals surface area contributed by atoms with Crippen molar-refractivity contribution in [1.29, 1.82) is 0 Å². The van der Waals surface area contributed by atoms with Crippen LogP contribution in [0.5, 0.6) is 0 Å². The van der Waals surface area contributed by atoms with Gasteiger partial charge in [0.05, 0.1) is 9.79 Å². The summed E-state index contributed by atoms with van der Waals surface area (Å²) in [6.07, 6.45) is 1.08. The minimum atomic E-state index is -3.68. The first-order valence-corrected chi connectivity index (χ1v) is 11.5. The summed E-state index contributed by atoms with van der Waals surface area (Å²) >= 11 is 0. The number of rotatable bonds is 4. The molecule has 0 saturated carbocycles. The molecule has 1 saturated heterocycles. The van der Waals surface area contributed by atoms with E-state index in [4.69, 9.17) is 4.74 Å². The van der Waals surface area contributed by atoms with Gasteiger partial charge in [0.2, 0.25) is 20.0 Å². The number of nitrogens with zero attached hydrogens (tertiary/aromatic N) is 2. The Morgan fingerprint density at radius 3 is 1.37 bits per heavy atom. The van der Waals surface area contributed by atoms with Gasteiger partial charge in [-0.05, 0) is 37.1 Å². The van der Waals surface area contributed by atoms with Gasteiger partial charge in [-0.2, -0.15) is 8.61 Å². The Hall–Kier alpha value is -1.78. The van der Waals surface area contributed by atoms with Crippen molar-refractivity contribution in [3.05, 3.63) is 60.7 Å². The summed E-state index contributed by atoms with van der Waals surface area (Å²) in [5, 5.41) is 0. The highest BCUT2D eigenvalue weighted by molar-refractivity contribution is 7.89. The molecule has 9 heteroatoms. The van der Waals surface area contributed by atoms with E-state index in [9.17, 15) is 16.8 Å². The lowest BCUT2D eigenvalue weighted by Crippen LogP contribution is -2.36. The van der Waals surface area contributed by atoms with Gasteiger partial charge in [-0.1, -0.05) is 36.4 Å². The molecule has 0 radical (unpaired) electrons. The standard InChI is InChI=1S/C18H22N2O5S2/c21-26(22,17-9-3-1-4-10-17)19-13-7-8-14-20(16-25-15-19)27(23,24)18-11-5-2-6-12-18/h1-6,9-12H,7-8,13-16H2. The minimum Gasteiger partial charge on any atom is -0.349 e. The monoisotopic (exact) mass is 410 g/mol. The van der Waals surface area contributed by atoms with Crippen molar-refractivity contribution < 1.29 is 21.6 Å². The molecule has 1 aliphatic rings. The summed E-state index contributed by atoms with van der Waals surface area (Å²) < 4.78 is 59.1. The Balaban J connectivity index is 1.75. The molecule has 0 N–H and O–H groups in total. The first-order chi connectivity index (χ1) is 12.9. The predicted molar refractivity (Wildman–Crippen MR) is 101 cm³/mol. The van der Waals surface area contributed by atoms with Gasteiger partial charge in [0.15, 0.2) is 0 Å². The fourth-order valence-electron chi connectivity index (χ4n) is 2.81. The normalized spacial score (nSPS) is 18.4. The highest BCUT2D eigenvalue weighted by Crippen LogP contribution is 2.20. The molecule has 146 valence electrons. The first kappa shape index (κ1) is 20.0. The largest absolute Gasteiger partial charge is 0.349 e. The smallest absolute Gasteiger partial charge is 0.245 e. The number of hydrogen-bond acceptors (Lipinski definition) is 5. The second-order valence-corrected chi connectivity index (χ2v) is 10.0. The third kappa shape index (κ3) is 4.56. The summed E-state index contributed by atoms with van der Waals surface area (Å²) in [6.45, 7) is 0.156. The maximum absolute atomic E-state index is 12.8. The molecule has 0 aromatic heterocycles. The van der Waals surface area contributed by atoms with Gasteiger partial charge in [0.25, 0.3) is 0 Å². The minimum absolute atomic E-state index is 0.196. The van der Waals surface area contributed by atoms with Gasteiger partial charge >= 0.3 is 0 Å². The predicted octanol–water partition coefficient (Wildman–Crippen LogP) is 2.09. The van der Waals surface area contributed by atoms with Gasteiger partial charge in [-0.3, -0.25) is 0 Å². The van der Waals surface area contributed by atoms with Crippen LogP contribution in [-0.4, -0.2) is 52.0 Å². The number of benzene rings is 2. The average molecular weight is 411 g/mol. The summed E-state index contributed by atoms with van der Waals surface area (Å²) in [5.41, 5.74) is 0. The van der Waals surface area contributed by atoms with Gasteiger partial charge in [0, 0.05) is 13.1 Å². The van der Waals surface area contributed by atoms with Crippen LogP contribution in [-0.2, 0) is 24.8 Å². The maximum Gasteiger partial charge on any atom is 0.245 e. The van der Waals surface area contributed by atoms with Crippen LogP contribution in [0.15, 0.2) is 70.5 Å². The van der Waals surface area contributed by atoms with Crippen molar-refractivity contribution in [2.45, 2.75) is 22.6 Å². The zero-order chi connectivity index (χ0) is 19.3. The zero-order valence-electron chi connectivity index (χ0n) is 14.8. The Kier molecular flexibility index (Phi) is 6.28. The fraction of sp³-hybridized carbons (Fsp3) is 0.333. The van der Waals surface area contributed by atoms with E-state index in [1.807, 2.05) is 0 Å². The highest BCUT2D eigenvalue weighted by Gasteiger charge is 2.28. The lowest BCUT2D eigenvalue weighted by atomic mass is 10.3. The Morgan fingerprint density at radius 2 is 1.00 bits per heavy atom. The highest BCUT2D eigenvalue weighted by atomic mass is 32.2. The molecule has 2 aromatic rings. The van der Waals surface area contributed by atoms with Crippen LogP contribution in [0.1, 0.15) is 12.8 Å². The second-order valence-electron chi connectivity index (χ2n) is 6.16. The zero-order valence-corrected chi connectivity index (χ0v) is 16.4. The summed E-state index contributed by atoms with van der Waals surface area (Å²) in [6, 6.07) is 16.3. The van der Waals surface area contributed by atoms with Crippen LogP contribution in [0.4, 0.5) is 0 Å². The summed E-state index contributed by atoms with van der Waals surface area (Å²) in [4.78, 5) is 0.392. The fourth-order valence-corrected chi connectivity index (χ4v) is 5.58. The van der Waals surface area contributed by atoms with Crippen molar-refractivity contribution in [2.24, 2.45) is 0 Å². The van der Waals surface area contributed by atoms with Crippen molar-refractivity contribution in [2.75, 3.05) is 26.6 Å². The van der Waals surface area contributed by atoms with E-state index in [0.717, 1.165) is 0 Å². The van der Waals surface area contributed by atoms with Gasteiger partial charge < -0.3 is 4.74 Å². The van der Waals surface area contributed by atoms with Crippen molar-refractivity contribution in [3.63, 3.8) is 0 Å². The Morgan fingerprint density at radius 1 is 0.630 bits per heavy atom. The molecule has 3 rings (SSSR count). The molecule has 1 aliphatic heterocycles. The molecule has 0 spiro atoms. The first-order valence-electron chi connectivity index (χ1n) is 8.60. The van der Waals surface area contributed by atoms with Crippen LogP contribution in [0.25, 0.3) is 0 Å². The van der Waals surface area contributed by atoms with Crippen LogP contribution in [0.3, 0.4) is 0 Å². The molecule has 27 heavy (non-hydrogen) atoms. The molecule has 0 atom stereocenters. The van der Waals surface area contributed by atoms with Crippen molar-refractivity contribution in [3.8, 4) is 0 Å². The third-order valence-corrected chi connectivity index (χ3v) is 7.97. The van der Waals surface area contributed by atoms with E-state index >= 15 is 0 Å². The molecule has 2 aromatic carbocycles. The van der Waals surface area contributed by atoms with Crippen LogP contribution >= 0.6 is 0 Å². The lowest BCUT2D eigenvalue weighted by Gasteiger charge is -2.23. The Bertz CT molecular complexity index is 868. The third-order valence-electron chi connectivity index (χ3n) is 4.30. The van der Waals surface area contributed by atoms with Crippen LogP contribution in [0, 0.1) is 0 Å². The molecular formula is C18H22N2O5S2. The summed E-state index contributed by atoms with van der Waals surface area (Å²) in [5.74, 6) is 0. The van der Waals surface area contributed by atoms with Crippen molar-refractivity contribution in [1.82, 2.24) is 8.61 Å². The van der Waals surface area contributed by atoms with Gasteiger partial charge in [0.1, 0.15) is 13.5 Å². The van der Waals surface area contributed by atoms with E-state index in [0.29, 0.717) is 12.8 Å². The average Bonchev–Trinajstić information content (AvgIpc) is 2.82. The Labute approximate surface area is 160 Å². The van der Waals surface area contributed by atoms with Crippen LogP contribution < -0.4 is 0 Å². The van der Waals surface area contributed by atoms with Gasteiger partial charge in [-0.25, -0.2) is 16.8 Å². The molecule has 1 heterocycles. The van der Waals surface area contributed by atoms with Gasteiger partial charge in [-0.15, -0.1) is 0 Å². The van der Waals surface area contributed by atoms with E-state index in [1.54, 1.807) is 36.4 Å². The van der Waals surface area contributed by atoms with Crippen molar-refractivity contribution >= 4 is 20.0 Å². The summed E-state index contributed by atoms with van der Waals surface area (Å²) in [7, 11) is -7.37. The molecule has 0 aliphatic carbocycles. The molecule has 0 unspecified atom stereocenters. The molecule has 1 fully saturated rings. The van der Waals surface area contributed by atoms with Crippen LogP contribution in [0.2, 0.25) is 0 Å². The second kappa shape index (κ2) is 8.49. The van der Waals surface area contributed by atoms with E-state index in [1.165, 1.54) is 32.9 Å². The molecular weight excluding hydrogens is 388 g/mol. The maximum atomic E-state index is 12.8. The van der Waals surface area contributed by atoms with E-state index in [2.05, 4.69) is 0 Å².